The summed E-state index contributed by atoms with van der Waals surface area (Å²) >= 11 is 5.08. The molecule has 1 rings (SSSR count). The van der Waals surface area contributed by atoms with Gasteiger partial charge in [-0.3, -0.25) is 0 Å². The number of hydrogen-bond acceptors (Lipinski definition) is 5. The lowest BCUT2D eigenvalue weighted by atomic mass is 10.1. The number of sulfonamides is 1. The third-order valence-corrected chi connectivity index (χ3v) is 3.27. The fourth-order valence-electron chi connectivity index (χ4n) is 1.52. The Bertz CT molecular complexity index is 626. The predicted molar refractivity (Wildman–Crippen MR) is 84.5 cm³/mol. The van der Waals surface area contributed by atoms with Gasteiger partial charge < -0.3 is 21.3 Å². The highest BCUT2D eigenvalue weighted by molar-refractivity contribution is 7.89. The summed E-state index contributed by atoms with van der Waals surface area (Å²) in [5.74, 6) is -0.303. The molecule has 0 aliphatic carbocycles. The second kappa shape index (κ2) is 7.46. The van der Waals surface area contributed by atoms with Crippen LogP contribution in [0, 0.1) is 0 Å². The average molecular weight is 331 g/mol. The molecule has 0 spiro atoms. The van der Waals surface area contributed by atoms with Crippen molar-refractivity contribution in [1.82, 2.24) is 5.32 Å². The first-order valence-corrected chi connectivity index (χ1v) is 8.21. The van der Waals surface area contributed by atoms with Gasteiger partial charge in [0.15, 0.2) is 0 Å². The third kappa shape index (κ3) is 6.63. The minimum absolute atomic E-state index is 0.231. The maximum atomic E-state index is 10.9. The molecule has 7 nitrogen and oxygen atoms in total. The molecule has 0 saturated carbocycles. The molecule has 1 aromatic carbocycles. The van der Waals surface area contributed by atoms with Gasteiger partial charge in [-0.05, 0) is 5.56 Å². The zero-order chi connectivity index (χ0) is 16.0. The Morgan fingerprint density at radius 3 is 2.48 bits per heavy atom. The standard InChI is InChI=1S/C12H17N3O4S2/c1-21(18,19)15-12(13)14-11(20)9-4-2-8(3-5-9)6-10(17)7-16/h2-5,10,16-17H,6-7H2,1H3,(H3,13,14,15,20)/t10-/m1/s1. The quantitative estimate of drug-likeness (QED) is 0.314. The Hall–Kier alpha value is -1.55. The van der Waals surface area contributed by atoms with Crippen LogP contribution in [0.3, 0.4) is 0 Å². The van der Waals surface area contributed by atoms with Crippen LogP contribution in [0.2, 0.25) is 0 Å². The van der Waals surface area contributed by atoms with Crippen molar-refractivity contribution < 1.29 is 18.6 Å². The molecule has 1 atom stereocenters. The highest BCUT2D eigenvalue weighted by atomic mass is 32.2. The second-order valence-corrected chi connectivity index (χ2v) is 6.46. The number of nitrogens with two attached hydrogens (primary N) is 1. The van der Waals surface area contributed by atoms with Crippen molar-refractivity contribution in [1.29, 1.82) is 0 Å². The first-order chi connectivity index (χ1) is 9.71. The van der Waals surface area contributed by atoms with E-state index in [2.05, 4.69) is 9.71 Å². The molecule has 0 amide bonds. The van der Waals surface area contributed by atoms with Gasteiger partial charge in [0, 0.05) is 12.0 Å². The molecule has 0 radical (unpaired) electrons. The Morgan fingerprint density at radius 2 is 2.00 bits per heavy atom. The normalized spacial score (nSPS) is 13.8. The van der Waals surface area contributed by atoms with Gasteiger partial charge in [0.05, 0.1) is 19.0 Å². The van der Waals surface area contributed by atoms with E-state index < -0.39 is 16.1 Å². The van der Waals surface area contributed by atoms with Gasteiger partial charge in [-0.1, -0.05) is 36.5 Å². The summed E-state index contributed by atoms with van der Waals surface area (Å²) in [5, 5.41) is 20.6. The van der Waals surface area contributed by atoms with E-state index in [9.17, 15) is 13.5 Å². The summed E-state index contributed by atoms with van der Waals surface area (Å²) in [5.41, 5.74) is 6.88. The molecule has 21 heavy (non-hydrogen) atoms. The van der Waals surface area contributed by atoms with E-state index in [4.69, 9.17) is 23.1 Å². The van der Waals surface area contributed by atoms with Gasteiger partial charge in [-0.25, -0.2) is 8.42 Å². The van der Waals surface area contributed by atoms with Crippen LogP contribution in [0.15, 0.2) is 28.7 Å². The molecule has 5 N–H and O–H groups in total. The van der Waals surface area contributed by atoms with Crippen molar-refractivity contribution in [3.05, 3.63) is 35.4 Å². The largest absolute Gasteiger partial charge is 0.394 e. The number of benzene rings is 1. The highest BCUT2D eigenvalue weighted by Crippen LogP contribution is 2.07. The van der Waals surface area contributed by atoms with Crippen LogP contribution >= 0.6 is 12.2 Å². The van der Waals surface area contributed by atoms with Crippen molar-refractivity contribution in [2.75, 3.05) is 12.9 Å². The van der Waals surface area contributed by atoms with Crippen molar-refractivity contribution in [2.45, 2.75) is 12.5 Å². The molecule has 0 bridgehead atoms. The zero-order valence-corrected chi connectivity index (χ0v) is 13.0. The van der Waals surface area contributed by atoms with Crippen molar-refractivity contribution >= 4 is 33.2 Å². The Kier molecular flexibility index (Phi) is 6.21. The number of aliphatic hydroxyl groups is 2. The number of rotatable bonds is 5. The van der Waals surface area contributed by atoms with Gasteiger partial charge in [0.1, 0.15) is 4.99 Å². The molecule has 0 fully saturated rings. The summed E-state index contributed by atoms with van der Waals surface area (Å²) in [6.07, 6.45) is 0.444. The lowest BCUT2D eigenvalue weighted by Crippen LogP contribution is -2.36. The minimum Gasteiger partial charge on any atom is -0.394 e. The molecule has 116 valence electrons. The molecule has 0 heterocycles. The van der Waals surface area contributed by atoms with Gasteiger partial charge in [0.2, 0.25) is 5.96 Å². The number of aliphatic hydroxyl groups excluding tert-OH is 2. The number of hydrogen-bond donors (Lipinski definition) is 4. The summed E-state index contributed by atoms with van der Waals surface area (Å²) in [6, 6.07) is 6.88. The van der Waals surface area contributed by atoms with Crippen LogP contribution in [-0.4, -0.2) is 48.5 Å². The molecule has 1 aromatic rings. The van der Waals surface area contributed by atoms with Crippen LogP contribution < -0.4 is 11.1 Å². The average Bonchev–Trinajstić information content (AvgIpc) is 2.36. The van der Waals surface area contributed by atoms with E-state index in [0.29, 0.717) is 12.0 Å². The van der Waals surface area contributed by atoms with E-state index in [1.165, 1.54) is 0 Å². The smallest absolute Gasteiger partial charge is 0.253 e. The second-order valence-electron chi connectivity index (χ2n) is 4.40. The molecule has 0 aliphatic heterocycles. The van der Waals surface area contributed by atoms with E-state index in [0.717, 1.165) is 11.8 Å². The van der Waals surface area contributed by atoms with Crippen LogP contribution in [0.25, 0.3) is 0 Å². The molecule has 0 unspecified atom stereocenters. The molecular formula is C12H17N3O4S2. The Morgan fingerprint density at radius 1 is 1.43 bits per heavy atom. The first-order valence-electron chi connectivity index (χ1n) is 5.96. The summed E-state index contributed by atoms with van der Waals surface area (Å²) in [6.45, 7) is -0.305. The maximum Gasteiger partial charge on any atom is 0.253 e. The van der Waals surface area contributed by atoms with Crippen LogP contribution in [-0.2, 0) is 16.4 Å². The van der Waals surface area contributed by atoms with E-state index in [1.807, 2.05) is 0 Å². The predicted octanol–water partition coefficient (Wildman–Crippen LogP) is -0.878. The number of nitrogens with one attached hydrogen (secondary N) is 1. The maximum absolute atomic E-state index is 10.9. The van der Waals surface area contributed by atoms with Crippen LogP contribution in [0.1, 0.15) is 11.1 Å². The Labute approximate surface area is 128 Å². The van der Waals surface area contributed by atoms with E-state index in [-0.39, 0.29) is 17.6 Å². The molecule has 0 aliphatic rings. The number of nitrogens with zero attached hydrogens (tertiary/aromatic N) is 1. The lowest BCUT2D eigenvalue weighted by molar-refractivity contribution is 0.0955. The monoisotopic (exact) mass is 331 g/mol. The van der Waals surface area contributed by atoms with Crippen molar-refractivity contribution in [2.24, 2.45) is 10.1 Å². The van der Waals surface area contributed by atoms with Gasteiger partial charge >= 0.3 is 0 Å². The fraction of sp³-hybridized carbons (Fsp3) is 0.333. The fourth-order valence-corrected chi connectivity index (χ4v) is 2.16. The van der Waals surface area contributed by atoms with Crippen LogP contribution in [0.4, 0.5) is 0 Å². The Balaban J connectivity index is 2.74. The minimum atomic E-state index is -3.58. The van der Waals surface area contributed by atoms with E-state index in [1.54, 1.807) is 24.3 Å². The SMILES string of the molecule is CS(=O)(=O)N=C(N)NC(=S)c1ccc(C[C@@H](O)CO)cc1. The van der Waals surface area contributed by atoms with Gasteiger partial charge in [0.25, 0.3) is 10.0 Å². The summed E-state index contributed by atoms with van der Waals surface area (Å²) in [7, 11) is -3.58. The van der Waals surface area contributed by atoms with E-state index >= 15 is 0 Å². The molecular weight excluding hydrogens is 314 g/mol. The number of guanidine groups is 1. The first kappa shape index (κ1) is 17.5. The third-order valence-electron chi connectivity index (χ3n) is 2.40. The summed E-state index contributed by atoms with van der Waals surface area (Å²) in [4.78, 5) is 0.231. The topological polar surface area (TPSA) is 125 Å². The lowest BCUT2D eigenvalue weighted by Gasteiger charge is -2.09. The van der Waals surface area contributed by atoms with Crippen molar-refractivity contribution in [3.63, 3.8) is 0 Å². The molecule has 0 saturated heterocycles. The zero-order valence-electron chi connectivity index (χ0n) is 11.4. The van der Waals surface area contributed by atoms with Gasteiger partial charge in [-0.15, -0.1) is 4.40 Å². The van der Waals surface area contributed by atoms with Crippen LogP contribution in [0.5, 0.6) is 0 Å². The molecule has 0 aromatic heterocycles. The van der Waals surface area contributed by atoms with Gasteiger partial charge in [-0.2, -0.15) is 0 Å². The van der Waals surface area contributed by atoms with Crippen molar-refractivity contribution in [3.8, 4) is 0 Å². The number of thiocarbonyl (C=S) groups is 1. The highest BCUT2D eigenvalue weighted by Gasteiger charge is 2.07. The molecule has 9 heteroatoms. The summed E-state index contributed by atoms with van der Waals surface area (Å²) < 4.78 is 25.1.